The van der Waals surface area contributed by atoms with Crippen LogP contribution in [0.5, 0.6) is 11.5 Å². The Morgan fingerprint density at radius 3 is 2.69 bits per heavy atom. The average Bonchev–Trinajstić information content (AvgIpc) is 2.66. The highest BCUT2D eigenvalue weighted by Gasteiger charge is 2.37. The van der Waals surface area contributed by atoms with Gasteiger partial charge in [-0.2, -0.15) is 0 Å². The smallest absolute Gasteiger partial charge is 0.264 e. The number of carbonyl (C=O) groups excluding carboxylic acids is 1. The van der Waals surface area contributed by atoms with E-state index in [1.165, 1.54) is 30.6 Å². The summed E-state index contributed by atoms with van der Waals surface area (Å²) in [7, 11) is -0.932. The Balaban J connectivity index is 2.08. The first kappa shape index (κ1) is 18.5. The molecular weight excluding hydrogens is 424 g/mol. The lowest BCUT2D eigenvalue weighted by atomic mass is 10.2. The van der Waals surface area contributed by atoms with Crippen molar-refractivity contribution in [3.05, 3.63) is 46.9 Å². The molecule has 1 aliphatic rings. The number of sulfonamides is 1. The monoisotopic (exact) mass is 440 g/mol. The van der Waals surface area contributed by atoms with Crippen LogP contribution in [-0.2, 0) is 14.8 Å². The number of anilines is 1. The number of benzene rings is 2. The molecule has 26 heavy (non-hydrogen) atoms. The van der Waals surface area contributed by atoms with Crippen LogP contribution in [0.15, 0.2) is 51.8 Å². The Morgan fingerprint density at radius 2 is 2.04 bits per heavy atom. The fraction of sp³-hybridized carbons (Fsp3) is 0.235. The van der Waals surface area contributed by atoms with E-state index in [9.17, 15) is 13.2 Å². The van der Waals surface area contributed by atoms with Crippen molar-refractivity contribution in [2.75, 3.05) is 25.0 Å². The van der Waals surface area contributed by atoms with Gasteiger partial charge in [0.1, 0.15) is 11.5 Å². The van der Waals surface area contributed by atoms with Gasteiger partial charge in [-0.05, 0) is 46.3 Å². The minimum atomic E-state index is -3.91. The van der Waals surface area contributed by atoms with Crippen molar-refractivity contribution in [3.63, 3.8) is 0 Å². The van der Waals surface area contributed by atoms with E-state index >= 15 is 0 Å². The third-order valence-corrected chi connectivity index (χ3v) is 6.38. The van der Waals surface area contributed by atoms with Crippen LogP contribution >= 0.6 is 15.9 Å². The van der Waals surface area contributed by atoms with Gasteiger partial charge in [0.2, 0.25) is 0 Å². The van der Waals surface area contributed by atoms with Crippen LogP contribution in [-0.4, -0.2) is 41.1 Å². The summed E-state index contributed by atoms with van der Waals surface area (Å²) < 4.78 is 39.0. The van der Waals surface area contributed by atoms with E-state index in [-0.39, 0.29) is 11.4 Å². The number of ether oxygens (including phenoxy) is 2. The zero-order chi connectivity index (χ0) is 18.9. The van der Waals surface area contributed by atoms with Crippen LogP contribution in [0.4, 0.5) is 5.69 Å². The predicted octanol–water partition coefficient (Wildman–Crippen LogP) is 2.16. The first-order chi connectivity index (χ1) is 12.4. The molecule has 1 amide bonds. The molecule has 0 aromatic heterocycles. The Kier molecular flexibility index (Phi) is 5.10. The van der Waals surface area contributed by atoms with Crippen LogP contribution in [0.3, 0.4) is 0 Å². The summed E-state index contributed by atoms with van der Waals surface area (Å²) in [5.74, 6) is 0.466. The molecule has 138 valence electrons. The summed E-state index contributed by atoms with van der Waals surface area (Å²) in [5.41, 5.74) is 0.389. The zero-order valence-corrected chi connectivity index (χ0v) is 16.5. The van der Waals surface area contributed by atoms with E-state index in [2.05, 4.69) is 21.2 Å². The third kappa shape index (κ3) is 3.24. The van der Waals surface area contributed by atoms with E-state index in [0.29, 0.717) is 21.7 Å². The number of halogens is 1. The molecule has 0 saturated heterocycles. The fourth-order valence-electron chi connectivity index (χ4n) is 2.66. The molecule has 0 aliphatic carbocycles. The zero-order valence-electron chi connectivity index (χ0n) is 14.1. The Morgan fingerprint density at radius 1 is 1.31 bits per heavy atom. The molecule has 1 atom stereocenters. The number of amides is 1. The van der Waals surface area contributed by atoms with Crippen molar-refractivity contribution in [2.24, 2.45) is 0 Å². The number of nitrogens with one attached hydrogen (secondary N) is 1. The fourth-order valence-corrected chi connectivity index (χ4v) is 4.86. The highest BCUT2D eigenvalue weighted by molar-refractivity contribution is 9.10. The molecular formula is C17H17BrN2O5S. The largest absolute Gasteiger partial charge is 0.496 e. The number of nitrogens with zero attached hydrogens (tertiary/aromatic N) is 1. The van der Waals surface area contributed by atoms with Gasteiger partial charge in [0.05, 0.1) is 28.7 Å². The van der Waals surface area contributed by atoms with Gasteiger partial charge < -0.3 is 14.8 Å². The predicted molar refractivity (Wildman–Crippen MR) is 100 cm³/mol. The van der Waals surface area contributed by atoms with Gasteiger partial charge in [-0.25, -0.2) is 8.42 Å². The highest BCUT2D eigenvalue weighted by atomic mass is 79.9. The first-order valence-electron chi connectivity index (χ1n) is 7.72. The van der Waals surface area contributed by atoms with E-state index < -0.39 is 22.0 Å². The number of hydrogen-bond acceptors (Lipinski definition) is 5. The van der Waals surface area contributed by atoms with Crippen molar-refractivity contribution in [1.29, 1.82) is 0 Å². The molecule has 0 bridgehead atoms. The summed E-state index contributed by atoms with van der Waals surface area (Å²) in [4.78, 5) is 12.1. The summed E-state index contributed by atoms with van der Waals surface area (Å²) in [5, 5.41) is 2.49. The maximum atomic E-state index is 13.2. The summed E-state index contributed by atoms with van der Waals surface area (Å²) in [6.45, 7) is -0.122. The lowest BCUT2D eigenvalue weighted by Crippen LogP contribution is -2.50. The van der Waals surface area contributed by atoms with E-state index in [1.807, 2.05) is 0 Å². The second-order valence-corrected chi connectivity index (χ2v) is 8.24. The number of hydrogen-bond donors (Lipinski definition) is 1. The molecule has 0 saturated carbocycles. The maximum Gasteiger partial charge on any atom is 0.264 e. The average molecular weight is 441 g/mol. The molecule has 2 aromatic carbocycles. The van der Waals surface area contributed by atoms with Gasteiger partial charge in [0.25, 0.3) is 15.9 Å². The van der Waals surface area contributed by atoms with Crippen LogP contribution < -0.4 is 19.1 Å². The number of rotatable bonds is 4. The van der Waals surface area contributed by atoms with E-state index in [0.717, 1.165) is 0 Å². The lowest BCUT2D eigenvalue weighted by Gasteiger charge is -2.34. The number of fused-ring (bicyclic) bond motifs is 1. The van der Waals surface area contributed by atoms with Crippen molar-refractivity contribution in [1.82, 2.24) is 5.32 Å². The topological polar surface area (TPSA) is 84.9 Å². The number of para-hydroxylation sites is 2. The Labute approximate surface area is 160 Å². The molecule has 7 nitrogen and oxygen atoms in total. The molecule has 0 spiro atoms. The summed E-state index contributed by atoms with van der Waals surface area (Å²) in [6, 6.07) is 11.2. The maximum absolute atomic E-state index is 13.2. The molecule has 0 radical (unpaired) electrons. The van der Waals surface area contributed by atoms with Crippen LogP contribution in [0.25, 0.3) is 0 Å². The quantitative estimate of drug-likeness (QED) is 0.786. The van der Waals surface area contributed by atoms with Crippen molar-refractivity contribution in [2.45, 2.75) is 11.0 Å². The van der Waals surface area contributed by atoms with E-state index in [4.69, 9.17) is 9.47 Å². The van der Waals surface area contributed by atoms with Crippen molar-refractivity contribution < 1.29 is 22.7 Å². The first-order valence-corrected chi connectivity index (χ1v) is 9.95. The van der Waals surface area contributed by atoms with Gasteiger partial charge in [-0.15, -0.1) is 0 Å². The highest BCUT2D eigenvalue weighted by Crippen LogP contribution is 2.38. The third-order valence-electron chi connectivity index (χ3n) is 3.98. The molecule has 1 N–H and O–H groups in total. The molecule has 0 fully saturated rings. The number of carbonyl (C=O) groups is 1. The summed E-state index contributed by atoms with van der Waals surface area (Å²) in [6.07, 6.45) is -0.939. The second kappa shape index (κ2) is 7.16. The normalized spacial score (nSPS) is 16.4. The molecule has 1 aliphatic heterocycles. The SMILES string of the molecule is CNC(=O)C1CN(S(=O)(=O)c2ccc(OC)c(Br)c2)c2ccccc2O1. The van der Waals surface area contributed by atoms with Gasteiger partial charge in [0, 0.05) is 7.05 Å². The Bertz CT molecular complexity index is 948. The number of methoxy groups -OCH3 is 1. The van der Waals surface area contributed by atoms with E-state index in [1.54, 1.807) is 30.3 Å². The Hall–Kier alpha value is -2.26. The van der Waals surface area contributed by atoms with Gasteiger partial charge in [0.15, 0.2) is 6.10 Å². The second-order valence-electron chi connectivity index (χ2n) is 5.52. The van der Waals surface area contributed by atoms with Crippen molar-refractivity contribution >= 4 is 37.5 Å². The molecule has 2 aromatic rings. The minimum absolute atomic E-state index is 0.0811. The molecule has 3 rings (SSSR count). The van der Waals surface area contributed by atoms with Crippen molar-refractivity contribution in [3.8, 4) is 11.5 Å². The molecule has 9 heteroatoms. The van der Waals surface area contributed by atoms with Gasteiger partial charge >= 0.3 is 0 Å². The van der Waals surface area contributed by atoms with Crippen LogP contribution in [0.2, 0.25) is 0 Å². The van der Waals surface area contributed by atoms with Gasteiger partial charge in [-0.1, -0.05) is 12.1 Å². The lowest BCUT2D eigenvalue weighted by molar-refractivity contribution is -0.127. The molecule has 1 heterocycles. The van der Waals surface area contributed by atoms with Crippen LogP contribution in [0, 0.1) is 0 Å². The standard InChI is InChI=1S/C17H17BrN2O5S/c1-19-17(21)16-10-20(13-5-3-4-6-15(13)25-16)26(22,23)11-7-8-14(24-2)12(18)9-11/h3-9,16H,10H2,1-2H3,(H,19,21). The van der Waals surface area contributed by atoms with Crippen LogP contribution in [0.1, 0.15) is 0 Å². The summed E-state index contributed by atoms with van der Waals surface area (Å²) >= 11 is 3.31. The minimum Gasteiger partial charge on any atom is -0.496 e. The van der Waals surface area contributed by atoms with Gasteiger partial charge in [-0.3, -0.25) is 9.10 Å². The molecule has 1 unspecified atom stereocenters. The number of likely N-dealkylation sites (N-methyl/N-ethyl adjacent to an activating group) is 1.